The van der Waals surface area contributed by atoms with Crippen molar-refractivity contribution in [3.63, 3.8) is 0 Å². The first-order valence-corrected chi connectivity index (χ1v) is 8.87. The number of carbonyl (C=O) groups is 2. The fourth-order valence-electron chi connectivity index (χ4n) is 1.85. The number of fused-ring (bicyclic) bond motifs is 1. The number of carbonyl (C=O) groups excluding carboxylic acids is 2. The lowest BCUT2D eigenvalue weighted by Crippen LogP contribution is -2.48. The lowest BCUT2D eigenvalue weighted by atomic mass is 9.96. The van der Waals surface area contributed by atoms with Gasteiger partial charge < -0.3 is 4.74 Å². The van der Waals surface area contributed by atoms with Crippen LogP contribution in [0.5, 0.6) is 5.75 Å². The predicted molar refractivity (Wildman–Crippen MR) is 101 cm³/mol. The van der Waals surface area contributed by atoms with Crippen molar-refractivity contribution in [3.05, 3.63) is 39.3 Å². The van der Waals surface area contributed by atoms with Gasteiger partial charge in [0.25, 0.3) is 5.91 Å². The minimum atomic E-state index is -0.580. The third-order valence-electron chi connectivity index (χ3n) is 3.24. The van der Waals surface area contributed by atoms with Crippen molar-refractivity contribution in [2.24, 2.45) is 5.41 Å². The molecule has 2 N–H and O–H groups in total. The topological polar surface area (TPSA) is 67.4 Å². The van der Waals surface area contributed by atoms with E-state index >= 15 is 0 Å². The van der Waals surface area contributed by atoms with Gasteiger partial charge in [0.05, 0.1) is 4.47 Å². The average Bonchev–Trinajstić information content (AvgIpc) is 2.50. The van der Waals surface area contributed by atoms with Crippen molar-refractivity contribution in [2.75, 3.05) is 6.61 Å². The highest BCUT2D eigenvalue weighted by molar-refractivity contribution is 9.11. The largest absolute Gasteiger partial charge is 0.483 e. The Bertz CT molecular complexity index is 785. The zero-order valence-corrected chi connectivity index (χ0v) is 16.7. The molecule has 24 heavy (non-hydrogen) atoms. The number of benzene rings is 2. The van der Waals surface area contributed by atoms with Crippen molar-refractivity contribution >= 4 is 54.4 Å². The molecule has 0 bridgehead atoms. The van der Waals surface area contributed by atoms with Crippen molar-refractivity contribution in [1.29, 1.82) is 0 Å². The summed E-state index contributed by atoms with van der Waals surface area (Å²) in [5.74, 6) is -0.147. The summed E-state index contributed by atoms with van der Waals surface area (Å²) in [7, 11) is 0. The van der Waals surface area contributed by atoms with Crippen LogP contribution in [0.25, 0.3) is 10.8 Å². The number of amides is 2. The molecule has 0 heterocycles. The second-order valence-corrected chi connectivity index (χ2v) is 7.99. The van der Waals surface area contributed by atoms with Crippen LogP contribution in [-0.2, 0) is 9.59 Å². The molecule has 2 aromatic rings. The molecule has 0 spiro atoms. The summed E-state index contributed by atoms with van der Waals surface area (Å²) in [6, 6.07) is 9.60. The summed E-state index contributed by atoms with van der Waals surface area (Å²) < 4.78 is 7.30. The van der Waals surface area contributed by atoms with Crippen LogP contribution in [0.15, 0.2) is 39.3 Å². The quantitative estimate of drug-likeness (QED) is 0.686. The highest BCUT2D eigenvalue weighted by Gasteiger charge is 2.21. The number of hydrazine groups is 1. The molecular formula is C17H18Br2N2O3. The molecule has 0 radical (unpaired) electrons. The van der Waals surface area contributed by atoms with E-state index in [2.05, 4.69) is 42.7 Å². The highest BCUT2D eigenvalue weighted by atomic mass is 79.9. The Kier molecular flexibility index (Phi) is 5.87. The van der Waals surface area contributed by atoms with E-state index < -0.39 is 11.3 Å². The number of hydrogen-bond acceptors (Lipinski definition) is 3. The van der Waals surface area contributed by atoms with E-state index in [0.717, 1.165) is 19.7 Å². The molecule has 0 atom stereocenters. The average molecular weight is 458 g/mol. The summed E-state index contributed by atoms with van der Waals surface area (Å²) in [6.45, 7) is 5.08. The molecule has 0 saturated carbocycles. The Morgan fingerprint density at radius 2 is 1.79 bits per heavy atom. The number of hydrogen-bond donors (Lipinski definition) is 2. The van der Waals surface area contributed by atoms with Crippen LogP contribution in [0.4, 0.5) is 0 Å². The van der Waals surface area contributed by atoms with Gasteiger partial charge in [-0.3, -0.25) is 20.4 Å². The minimum absolute atomic E-state index is 0.203. The van der Waals surface area contributed by atoms with Gasteiger partial charge in [-0.2, -0.15) is 0 Å². The first-order chi connectivity index (χ1) is 11.2. The lowest BCUT2D eigenvalue weighted by Gasteiger charge is -2.18. The lowest BCUT2D eigenvalue weighted by molar-refractivity contribution is -0.134. The van der Waals surface area contributed by atoms with E-state index in [-0.39, 0.29) is 12.5 Å². The first-order valence-electron chi connectivity index (χ1n) is 7.28. The van der Waals surface area contributed by atoms with Gasteiger partial charge in [0.15, 0.2) is 6.61 Å². The van der Waals surface area contributed by atoms with E-state index in [1.54, 1.807) is 26.8 Å². The maximum absolute atomic E-state index is 11.8. The number of rotatable bonds is 3. The second-order valence-electron chi connectivity index (χ2n) is 6.28. The molecule has 2 aromatic carbocycles. The molecule has 0 aliphatic heterocycles. The van der Waals surface area contributed by atoms with Crippen LogP contribution >= 0.6 is 31.9 Å². The molecule has 5 nitrogen and oxygen atoms in total. The smallest absolute Gasteiger partial charge is 0.276 e. The van der Waals surface area contributed by atoms with Gasteiger partial charge in [0.2, 0.25) is 5.91 Å². The zero-order valence-electron chi connectivity index (χ0n) is 13.6. The van der Waals surface area contributed by atoms with Crippen molar-refractivity contribution in [1.82, 2.24) is 10.9 Å². The molecule has 128 valence electrons. The van der Waals surface area contributed by atoms with E-state index in [1.807, 2.05) is 24.3 Å². The van der Waals surface area contributed by atoms with E-state index in [9.17, 15) is 9.59 Å². The van der Waals surface area contributed by atoms with Crippen LogP contribution in [-0.4, -0.2) is 18.4 Å². The Hall–Kier alpha value is -1.60. The molecule has 0 aromatic heterocycles. The van der Waals surface area contributed by atoms with Crippen LogP contribution in [0.2, 0.25) is 0 Å². The summed E-state index contributed by atoms with van der Waals surface area (Å²) in [5.41, 5.74) is 4.13. The van der Waals surface area contributed by atoms with Gasteiger partial charge in [0, 0.05) is 9.89 Å². The second kappa shape index (κ2) is 7.53. The summed E-state index contributed by atoms with van der Waals surface area (Å²) in [6.07, 6.45) is 0. The molecular weight excluding hydrogens is 440 g/mol. The van der Waals surface area contributed by atoms with Gasteiger partial charge in [-0.05, 0) is 44.9 Å². The standard InChI is InChI=1S/C17H18Br2N2O3/c1-17(2,3)16(23)21-20-14(22)9-24-13-7-4-10-8-11(18)5-6-12(10)15(13)19/h4-8H,9H2,1-3H3,(H,20,22)(H,21,23). The third-order valence-corrected chi connectivity index (χ3v) is 4.55. The molecule has 0 unspecified atom stereocenters. The van der Waals surface area contributed by atoms with Crippen LogP contribution < -0.4 is 15.6 Å². The summed E-state index contributed by atoms with van der Waals surface area (Å²) in [4.78, 5) is 23.5. The molecule has 2 rings (SSSR count). The Labute approximate surface area is 157 Å². The van der Waals surface area contributed by atoms with Gasteiger partial charge in [-0.1, -0.05) is 48.8 Å². The van der Waals surface area contributed by atoms with Gasteiger partial charge >= 0.3 is 0 Å². The summed E-state index contributed by atoms with van der Waals surface area (Å²) in [5, 5.41) is 2.03. The molecule has 0 fully saturated rings. The maximum Gasteiger partial charge on any atom is 0.276 e. The molecule has 0 aliphatic rings. The molecule has 0 saturated heterocycles. The number of ether oxygens (including phenoxy) is 1. The summed E-state index contributed by atoms with van der Waals surface area (Å²) >= 11 is 6.94. The van der Waals surface area contributed by atoms with Gasteiger partial charge in [-0.25, -0.2) is 0 Å². The van der Waals surface area contributed by atoms with Gasteiger partial charge in [-0.15, -0.1) is 0 Å². The molecule has 2 amide bonds. The first kappa shape index (κ1) is 18.7. The van der Waals surface area contributed by atoms with E-state index in [4.69, 9.17) is 4.74 Å². The van der Waals surface area contributed by atoms with Crippen molar-refractivity contribution in [2.45, 2.75) is 20.8 Å². The maximum atomic E-state index is 11.8. The Morgan fingerprint density at radius 3 is 2.46 bits per heavy atom. The van der Waals surface area contributed by atoms with E-state index in [1.165, 1.54) is 0 Å². The SMILES string of the molecule is CC(C)(C)C(=O)NNC(=O)COc1ccc2cc(Br)ccc2c1Br. The monoisotopic (exact) mass is 456 g/mol. The van der Waals surface area contributed by atoms with Gasteiger partial charge in [0.1, 0.15) is 5.75 Å². The zero-order chi connectivity index (χ0) is 17.9. The Balaban J connectivity index is 1.98. The number of nitrogens with one attached hydrogen (secondary N) is 2. The van der Waals surface area contributed by atoms with Crippen molar-refractivity contribution in [3.8, 4) is 5.75 Å². The van der Waals surface area contributed by atoms with Crippen LogP contribution in [0, 0.1) is 5.41 Å². The highest BCUT2D eigenvalue weighted by Crippen LogP contribution is 2.34. The predicted octanol–water partition coefficient (Wildman–Crippen LogP) is 3.94. The Morgan fingerprint density at radius 1 is 1.08 bits per heavy atom. The fraction of sp³-hybridized carbons (Fsp3) is 0.294. The van der Waals surface area contributed by atoms with Crippen LogP contribution in [0.1, 0.15) is 20.8 Å². The fourth-order valence-corrected chi connectivity index (χ4v) is 2.83. The minimum Gasteiger partial charge on any atom is -0.483 e. The normalized spacial score (nSPS) is 11.2. The van der Waals surface area contributed by atoms with Crippen LogP contribution in [0.3, 0.4) is 0 Å². The molecule has 7 heteroatoms. The number of halogens is 2. The molecule has 0 aliphatic carbocycles. The third kappa shape index (κ3) is 4.70. The van der Waals surface area contributed by atoms with E-state index in [0.29, 0.717) is 5.75 Å². The van der Waals surface area contributed by atoms with Crippen molar-refractivity contribution < 1.29 is 14.3 Å².